The number of carboxylic acids is 1. The number of aromatic carboxylic acids is 1. The summed E-state index contributed by atoms with van der Waals surface area (Å²) in [5.74, 6) is -0.973. The van der Waals surface area contributed by atoms with Gasteiger partial charge in [0.15, 0.2) is 0 Å². The molecule has 0 atom stereocenters. The Labute approximate surface area is 155 Å². The molecule has 6 heteroatoms. The number of rotatable bonds is 3. The molecule has 0 aliphatic carbocycles. The molecule has 0 saturated heterocycles. The third kappa shape index (κ3) is 3.42. The molecule has 0 saturated carbocycles. The topological polar surface area (TPSA) is 62.2 Å². The van der Waals surface area contributed by atoms with Crippen molar-refractivity contribution in [2.45, 2.75) is 0 Å². The second-order valence-electron chi connectivity index (χ2n) is 4.50. The maximum Gasteiger partial charge on any atom is 1.00 e. The third-order valence-corrected chi connectivity index (χ3v) is 3.37. The Balaban J connectivity index is 0.00000132. The predicted octanol–water partition coefficient (Wildman–Crippen LogP) is 1.45. The molecule has 0 aliphatic heterocycles. The van der Waals surface area contributed by atoms with Gasteiger partial charge in [-0.05, 0) is 36.4 Å². The number of carbonyl (C=O) groups is 1. The zero-order chi connectivity index (χ0) is 14.8. The van der Waals surface area contributed by atoms with Gasteiger partial charge in [0.25, 0.3) is 0 Å². The quantitative estimate of drug-likeness (QED) is 0.716. The van der Waals surface area contributed by atoms with Crippen molar-refractivity contribution >= 4 is 39.8 Å². The van der Waals surface area contributed by atoms with Crippen LogP contribution >= 0.6 is 11.6 Å². The van der Waals surface area contributed by atoms with Crippen LogP contribution in [0.4, 0.5) is 11.4 Å². The van der Waals surface area contributed by atoms with E-state index in [0.29, 0.717) is 10.7 Å². The van der Waals surface area contributed by atoms with Crippen LogP contribution < -0.4 is 34.9 Å². The Morgan fingerprint density at radius 1 is 1.14 bits per heavy atom. The van der Waals surface area contributed by atoms with Crippen molar-refractivity contribution in [1.29, 1.82) is 0 Å². The summed E-state index contributed by atoms with van der Waals surface area (Å²) >= 11 is 5.96. The number of halogens is 1. The van der Waals surface area contributed by atoms with Gasteiger partial charge < -0.3 is 11.8 Å². The summed E-state index contributed by atoms with van der Waals surface area (Å²) in [6.07, 6.45) is 1.66. The average Bonchev–Trinajstić information content (AvgIpc) is 2.47. The minimum Gasteiger partial charge on any atom is -1.00 e. The first kappa shape index (κ1) is 16.8. The number of fused-ring (bicyclic) bond motifs is 1. The van der Waals surface area contributed by atoms with Crippen molar-refractivity contribution in [3.63, 3.8) is 0 Å². The smallest absolute Gasteiger partial charge is 1.00 e. The van der Waals surface area contributed by atoms with Gasteiger partial charge in [0, 0.05) is 22.3 Å². The average molecular weight is 323 g/mol. The monoisotopic (exact) mass is 322 g/mol. The van der Waals surface area contributed by atoms with Crippen LogP contribution in [0.1, 0.15) is 11.8 Å². The van der Waals surface area contributed by atoms with E-state index >= 15 is 0 Å². The van der Waals surface area contributed by atoms with E-state index in [-0.39, 0.29) is 36.5 Å². The van der Waals surface area contributed by atoms with Crippen LogP contribution in [0, 0.1) is 0 Å². The number of anilines is 2. The minimum absolute atomic E-state index is 0. The number of benzene rings is 2. The normalized spacial score (nSPS) is 10.0. The summed E-state index contributed by atoms with van der Waals surface area (Å²) in [5, 5.41) is 13.9. The molecular weight excluding hydrogens is 311 g/mol. The van der Waals surface area contributed by atoms with Crippen molar-refractivity contribution in [2.24, 2.45) is 0 Å². The standard InChI is InChI=1S/C16H11ClN2O2.Na.H/c17-10-5-6-11-14(7-8-18-15(11)9-10)19-13-4-2-1-3-12(13)16(20)21;;/h1-9H,(H,18,19)(H,20,21);;/q;+1;-1. The van der Waals surface area contributed by atoms with Gasteiger partial charge in [0.05, 0.1) is 16.8 Å². The van der Waals surface area contributed by atoms with E-state index in [0.717, 1.165) is 16.6 Å². The second kappa shape index (κ2) is 7.11. The summed E-state index contributed by atoms with van der Waals surface area (Å²) in [4.78, 5) is 15.5. The van der Waals surface area contributed by atoms with Crippen LogP contribution in [0.25, 0.3) is 10.9 Å². The number of hydrogen-bond acceptors (Lipinski definition) is 3. The number of nitrogens with zero attached hydrogens (tertiary/aromatic N) is 1. The maximum absolute atomic E-state index is 11.3. The molecule has 0 unspecified atom stereocenters. The molecule has 0 amide bonds. The van der Waals surface area contributed by atoms with Crippen LogP contribution in [0.2, 0.25) is 5.02 Å². The van der Waals surface area contributed by atoms with Crippen LogP contribution in [0.5, 0.6) is 0 Å². The Morgan fingerprint density at radius 3 is 2.68 bits per heavy atom. The minimum atomic E-state index is -0.973. The van der Waals surface area contributed by atoms with E-state index in [1.54, 1.807) is 48.7 Å². The fraction of sp³-hybridized carbons (Fsp3) is 0. The van der Waals surface area contributed by atoms with Crippen LogP contribution in [0.3, 0.4) is 0 Å². The molecule has 3 rings (SSSR count). The molecule has 22 heavy (non-hydrogen) atoms. The largest absolute Gasteiger partial charge is 1.00 e. The number of nitrogens with one attached hydrogen (secondary N) is 1. The number of carboxylic acid groups (broad SMARTS) is 1. The van der Waals surface area contributed by atoms with Crippen molar-refractivity contribution < 1.29 is 40.9 Å². The fourth-order valence-corrected chi connectivity index (χ4v) is 2.32. The Kier molecular flexibility index (Phi) is 5.42. The van der Waals surface area contributed by atoms with Crippen LogP contribution in [0.15, 0.2) is 54.7 Å². The van der Waals surface area contributed by atoms with E-state index in [9.17, 15) is 9.90 Å². The van der Waals surface area contributed by atoms with E-state index in [1.165, 1.54) is 0 Å². The molecule has 0 spiro atoms. The maximum atomic E-state index is 11.3. The summed E-state index contributed by atoms with van der Waals surface area (Å²) in [5.41, 5.74) is 2.29. The van der Waals surface area contributed by atoms with Crippen LogP contribution in [-0.2, 0) is 0 Å². The molecule has 0 radical (unpaired) electrons. The molecule has 0 bridgehead atoms. The zero-order valence-corrected chi connectivity index (χ0v) is 14.6. The van der Waals surface area contributed by atoms with E-state index in [4.69, 9.17) is 11.6 Å². The fourth-order valence-electron chi connectivity index (χ4n) is 2.15. The molecule has 3 aromatic rings. The van der Waals surface area contributed by atoms with Gasteiger partial charge >= 0.3 is 35.5 Å². The van der Waals surface area contributed by atoms with Gasteiger partial charge in [-0.25, -0.2) is 4.79 Å². The molecule has 1 aromatic heterocycles. The Morgan fingerprint density at radius 2 is 1.91 bits per heavy atom. The van der Waals surface area contributed by atoms with Gasteiger partial charge in [0.2, 0.25) is 0 Å². The van der Waals surface area contributed by atoms with E-state index < -0.39 is 5.97 Å². The van der Waals surface area contributed by atoms with Crippen molar-refractivity contribution in [3.8, 4) is 0 Å². The first-order valence-corrected chi connectivity index (χ1v) is 6.66. The molecule has 0 aliphatic rings. The Hall–Kier alpha value is -1.59. The summed E-state index contributed by atoms with van der Waals surface area (Å²) in [6.45, 7) is 0. The number of aromatic nitrogens is 1. The SMILES string of the molecule is O=C(O)c1ccccc1Nc1ccnc2cc(Cl)ccc12.[H-].[Na+]. The van der Waals surface area contributed by atoms with Crippen molar-refractivity contribution in [2.75, 3.05) is 5.32 Å². The molecule has 1 heterocycles. The molecule has 2 aromatic carbocycles. The van der Waals surface area contributed by atoms with Gasteiger partial charge in [-0.3, -0.25) is 4.98 Å². The number of hydrogen-bond donors (Lipinski definition) is 2. The Bertz CT molecular complexity index is 845. The summed E-state index contributed by atoms with van der Waals surface area (Å²) in [7, 11) is 0. The molecule has 106 valence electrons. The number of para-hydroxylation sites is 1. The van der Waals surface area contributed by atoms with E-state index in [2.05, 4.69) is 10.3 Å². The predicted molar refractivity (Wildman–Crippen MR) is 84.5 cm³/mol. The van der Waals surface area contributed by atoms with Crippen LogP contribution in [-0.4, -0.2) is 16.1 Å². The molecule has 0 fully saturated rings. The first-order chi connectivity index (χ1) is 10.1. The third-order valence-electron chi connectivity index (χ3n) is 3.13. The second-order valence-corrected chi connectivity index (χ2v) is 4.93. The van der Waals surface area contributed by atoms with Gasteiger partial charge in [0.1, 0.15) is 0 Å². The molecular formula is C16H12ClN2NaO2. The van der Waals surface area contributed by atoms with E-state index in [1.807, 2.05) is 6.07 Å². The summed E-state index contributed by atoms with van der Waals surface area (Å²) in [6, 6.07) is 14.0. The number of pyridine rings is 1. The van der Waals surface area contributed by atoms with Gasteiger partial charge in [-0.2, -0.15) is 0 Å². The van der Waals surface area contributed by atoms with Gasteiger partial charge in [-0.1, -0.05) is 23.7 Å². The van der Waals surface area contributed by atoms with Gasteiger partial charge in [-0.15, -0.1) is 0 Å². The summed E-state index contributed by atoms with van der Waals surface area (Å²) < 4.78 is 0. The molecule has 2 N–H and O–H groups in total. The van der Waals surface area contributed by atoms with Crippen molar-refractivity contribution in [1.82, 2.24) is 4.98 Å². The first-order valence-electron chi connectivity index (χ1n) is 6.29. The van der Waals surface area contributed by atoms with Crippen molar-refractivity contribution in [3.05, 3.63) is 65.3 Å². The zero-order valence-electron chi connectivity index (χ0n) is 12.9. The molecule has 4 nitrogen and oxygen atoms in total.